The van der Waals surface area contributed by atoms with Gasteiger partial charge in [0.25, 0.3) is 5.69 Å². The van der Waals surface area contributed by atoms with Gasteiger partial charge in [0.15, 0.2) is 5.11 Å². The summed E-state index contributed by atoms with van der Waals surface area (Å²) in [5.41, 5.74) is 0.592. The summed E-state index contributed by atoms with van der Waals surface area (Å²) in [7, 11) is 1.53. The molecular weight excluding hydrogens is 358 g/mol. The summed E-state index contributed by atoms with van der Waals surface area (Å²) in [5.74, 6) is -0.233. The molecule has 0 spiro atoms. The number of non-ortho nitro benzene ring substituents is 1. The zero-order valence-corrected chi connectivity index (χ0v) is 14.4. The van der Waals surface area contributed by atoms with Crippen molar-refractivity contribution in [2.24, 2.45) is 0 Å². The van der Waals surface area contributed by atoms with E-state index in [1.807, 2.05) is 12.1 Å². The second-order valence-electron chi connectivity index (χ2n) is 4.98. The average Bonchev–Trinajstić information content (AvgIpc) is 2.61. The molecule has 2 rings (SSSR count). The SMILES string of the molecule is COc1ccccc1C=CC(=O)NC(=S)Nc1ccc([N+](=O)[O-])cc1O. The minimum atomic E-state index is -0.633. The highest BCUT2D eigenvalue weighted by atomic mass is 32.1. The number of anilines is 1. The van der Waals surface area contributed by atoms with Crippen molar-refractivity contribution in [2.75, 3.05) is 12.4 Å². The van der Waals surface area contributed by atoms with Gasteiger partial charge in [-0.2, -0.15) is 0 Å². The quantitative estimate of drug-likeness (QED) is 0.243. The lowest BCUT2D eigenvalue weighted by molar-refractivity contribution is -0.384. The third-order valence-corrected chi connectivity index (χ3v) is 3.43. The number of aromatic hydroxyl groups is 1. The van der Waals surface area contributed by atoms with Crippen LogP contribution in [0.2, 0.25) is 0 Å². The number of carbonyl (C=O) groups is 1. The number of hydrogen-bond donors (Lipinski definition) is 3. The number of phenolic OH excluding ortho intramolecular Hbond substituents is 1. The van der Waals surface area contributed by atoms with E-state index < -0.39 is 10.8 Å². The van der Waals surface area contributed by atoms with E-state index in [1.165, 1.54) is 25.3 Å². The summed E-state index contributed by atoms with van der Waals surface area (Å²) in [6.07, 6.45) is 2.85. The van der Waals surface area contributed by atoms with Crippen LogP contribution in [0.3, 0.4) is 0 Å². The van der Waals surface area contributed by atoms with Crippen molar-refractivity contribution in [3.05, 3.63) is 64.2 Å². The minimum absolute atomic E-state index is 0.0659. The predicted octanol–water partition coefficient (Wildman–Crippen LogP) is 2.84. The fourth-order valence-electron chi connectivity index (χ4n) is 2.02. The van der Waals surface area contributed by atoms with E-state index >= 15 is 0 Å². The van der Waals surface area contributed by atoms with E-state index in [2.05, 4.69) is 10.6 Å². The van der Waals surface area contributed by atoms with E-state index in [0.29, 0.717) is 5.75 Å². The highest BCUT2D eigenvalue weighted by molar-refractivity contribution is 7.80. The number of methoxy groups -OCH3 is 1. The summed E-state index contributed by atoms with van der Waals surface area (Å²) in [4.78, 5) is 21.9. The fraction of sp³-hybridized carbons (Fsp3) is 0.0588. The van der Waals surface area contributed by atoms with E-state index in [-0.39, 0.29) is 22.2 Å². The smallest absolute Gasteiger partial charge is 0.273 e. The molecule has 134 valence electrons. The van der Waals surface area contributed by atoms with Crippen molar-refractivity contribution < 1.29 is 19.6 Å². The molecule has 0 bridgehead atoms. The lowest BCUT2D eigenvalue weighted by atomic mass is 10.2. The molecule has 0 aliphatic rings. The Bertz CT molecular complexity index is 882. The third kappa shape index (κ3) is 5.02. The van der Waals surface area contributed by atoms with E-state index in [4.69, 9.17) is 17.0 Å². The number of para-hydroxylation sites is 1. The Morgan fingerprint density at radius 1 is 1.31 bits per heavy atom. The second kappa shape index (κ2) is 8.58. The largest absolute Gasteiger partial charge is 0.506 e. The number of hydrogen-bond acceptors (Lipinski definition) is 6. The van der Waals surface area contributed by atoms with Gasteiger partial charge < -0.3 is 15.2 Å². The second-order valence-corrected chi connectivity index (χ2v) is 5.39. The molecule has 0 saturated carbocycles. The van der Waals surface area contributed by atoms with Crippen LogP contribution < -0.4 is 15.4 Å². The van der Waals surface area contributed by atoms with Crippen LogP contribution in [-0.4, -0.2) is 28.2 Å². The highest BCUT2D eigenvalue weighted by Crippen LogP contribution is 2.27. The molecule has 26 heavy (non-hydrogen) atoms. The molecule has 8 nitrogen and oxygen atoms in total. The zero-order valence-electron chi connectivity index (χ0n) is 13.6. The number of carbonyl (C=O) groups excluding carboxylic acids is 1. The fourth-order valence-corrected chi connectivity index (χ4v) is 2.23. The van der Waals surface area contributed by atoms with Crippen LogP contribution in [0.4, 0.5) is 11.4 Å². The number of nitrogens with one attached hydrogen (secondary N) is 2. The summed E-state index contributed by atoms with van der Waals surface area (Å²) >= 11 is 4.99. The number of nitro groups is 1. The number of rotatable bonds is 5. The lowest BCUT2D eigenvalue weighted by Crippen LogP contribution is -2.32. The van der Waals surface area contributed by atoms with Gasteiger partial charge in [-0.15, -0.1) is 0 Å². The van der Waals surface area contributed by atoms with Crippen molar-refractivity contribution in [2.45, 2.75) is 0 Å². The van der Waals surface area contributed by atoms with Crippen molar-refractivity contribution in [1.29, 1.82) is 0 Å². The Kier molecular flexibility index (Phi) is 6.23. The number of thiocarbonyl (C=S) groups is 1. The van der Waals surface area contributed by atoms with Crippen LogP contribution >= 0.6 is 12.2 Å². The molecule has 2 aromatic rings. The minimum Gasteiger partial charge on any atom is -0.506 e. The average molecular weight is 373 g/mol. The molecule has 0 aliphatic heterocycles. The van der Waals surface area contributed by atoms with Gasteiger partial charge in [0.1, 0.15) is 11.5 Å². The summed E-state index contributed by atoms with van der Waals surface area (Å²) in [6.45, 7) is 0. The number of nitro benzene ring substituents is 1. The molecule has 1 amide bonds. The summed E-state index contributed by atoms with van der Waals surface area (Å²) in [5, 5.41) is 25.3. The van der Waals surface area contributed by atoms with Crippen LogP contribution in [0.25, 0.3) is 6.08 Å². The number of ether oxygens (including phenoxy) is 1. The Morgan fingerprint density at radius 2 is 2.04 bits per heavy atom. The first kappa shape index (κ1) is 18.9. The maximum absolute atomic E-state index is 11.9. The molecule has 0 saturated heterocycles. The first-order valence-electron chi connectivity index (χ1n) is 7.31. The van der Waals surface area contributed by atoms with Gasteiger partial charge in [-0.3, -0.25) is 20.2 Å². The molecular formula is C17H15N3O5S. The van der Waals surface area contributed by atoms with Crippen LogP contribution in [0.1, 0.15) is 5.56 Å². The number of benzene rings is 2. The van der Waals surface area contributed by atoms with Gasteiger partial charge in [0.05, 0.1) is 23.8 Å². The lowest BCUT2D eigenvalue weighted by Gasteiger charge is -2.09. The predicted molar refractivity (Wildman–Crippen MR) is 101 cm³/mol. The van der Waals surface area contributed by atoms with Crippen molar-refractivity contribution in [3.63, 3.8) is 0 Å². The molecule has 0 heterocycles. The van der Waals surface area contributed by atoms with Crippen LogP contribution in [0, 0.1) is 10.1 Å². The molecule has 3 N–H and O–H groups in total. The standard InChI is InChI=1S/C17H15N3O5S/c1-25-15-5-3-2-4-11(15)6-9-16(22)19-17(26)18-13-8-7-12(20(23)24)10-14(13)21/h2-10,21H,1H3,(H2,18,19,22,26). The maximum atomic E-state index is 11.9. The number of phenols is 1. The van der Waals surface area contributed by atoms with Crippen LogP contribution in [-0.2, 0) is 4.79 Å². The number of amides is 1. The van der Waals surface area contributed by atoms with Gasteiger partial charge in [-0.05, 0) is 30.4 Å². The molecule has 0 atom stereocenters. The van der Waals surface area contributed by atoms with Crippen molar-refractivity contribution in [3.8, 4) is 11.5 Å². The van der Waals surface area contributed by atoms with Gasteiger partial charge in [0.2, 0.25) is 5.91 Å². The highest BCUT2D eigenvalue weighted by Gasteiger charge is 2.11. The molecule has 9 heteroatoms. The van der Waals surface area contributed by atoms with E-state index in [9.17, 15) is 20.0 Å². The van der Waals surface area contributed by atoms with E-state index in [0.717, 1.165) is 11.6 Å². The Morgan fingerprint density at radius 3 is 2.69 bits per heavy atom. The Hall–Kier alpha value is -3.46. The molecule has 0 unspecified atom stereocenters. The van der Waals surface area contributed by atoms with Crippen LogP contribution in [0.15, 0.2) is 48.5 Å². The monoisotopic (exact) mass is 373 g/mol. The molecule has 0 aliphatic carbocycles. The van der Waals surface area contributed by atoms with Gasteiger partial charge in [-0.1, -0.05) is 18.2 Å². The zero-order chi connectivity index (χ0) is 19.1. The van der Waals surface area contributed by atoms with Gasteiger partial charge in [0, 0.05) is 17.7 Å². The maximum Gasteiger partial charge on any atom is 0.273 e. The van der Waals surface area contributed by atoms with Crippen molar-refractivity contribution in [1.82, 2.24) is 5.32 Å². The summed E-state index contributed by atoms with van der Waals surface area (Å²) in [6, 6.07) is 10.6. The Labute approximate surface area is 154 Å². The van der Waals surface area contributed by atoms with Gasteiger partial charge in [-0.25, -0.2) is 0 Å². The normalized spacial score (nSPS) is 10.3. The number of nitrogens with zero attached hydrogens (tertiary/aromatic N) is 1. The molecule has 0 radical (unpaired) electrons. The topological polar surface area (TPSA) is 114 Å². The molecule has 2 aromatic carbocycles. The van der Waals surface area contributed by atoms with Crippen molar-refractivity contribution >= 4 is 40.7 Å². The first-order chi connectivity index (χ1) is 12.4. The Balaban J connectivity index is 1.98. The van der Waals surface area contributed by atoms with Gasteiger partial charge >= 0.3 is 0 Å². The third-order valence-electron chi connectivity index (χ3n) is 3.23. The van der Waals surface area contributed by atoms with E-state index in [1.54, 1.807) is 18.2 Å². The summed E-state index contributed by atoms with van der Waals surface area (Å²) < 4.78 is 5.18. The first-order valence-corrected chi connectivity index (χ1v) is 7.72. The van der Waals surface area contributed by atoms with Crippen LogP contribution in [0.5, 0.6) is 11.5 Å². The molecule has 0 fully saturated rings. The molecule has 0 aromatic heterocycles.